The predicted octanol–water partition coefficient (Wildman–Crippen LogP) is 0.655. The number of nitrogens with zero attached hydrogens (tertiary/aromatic N) is 1. The predicted molar refractivity (Wildman–Crippen MR) is 61.4 cm³/mol. The Balaban J connectivity index is 2.32. The summed E-state index contributed by atoms with van der Waals surface area (Å²) in [5.74, 6) is 0.812. The molecule has 1 aliphatic rings. The molecule has 1 heterocycles. The second kappa shape index (κ2) is 6.38. The van der Waals surface area contributed by atoms with Gasteiger partial charge in [0, 0.05) is 38.8 Å². The van der Waals surface area contributed by atoms with E-state index in [1.807, 2.05) is 0 Å². The molecule has 3 heteroatoms. The smallest absolute Gasteiger partial charge is 0.0343 e. The van der Waals surface area contributed by atoms with E-state index in [0.717, 1.165) is 32.1 Å². The molecule has 3 N–H and O–H groups in total. The van der Waals surface area contributed by atoms with Crippen molar-refractivity contribution in [3.8, 4) is 0 Å². The molecule has 1 rings (SSSR count). The van der Waals surface area contributed by atoms with Gasteiger partial charge in [-0.2, -0.15) is 0 Å². The minimum Gasteiger partial charge on any atom is -0.329 e. The molecule has 0 aromatic carbocycles. The van der Waals surface area contributed by atoms with Gasteiger partial charge in [0.2, 0.25) is 0 Å². The topological polar surface area (TPSA) is 41.3 Å². The molecule has 14 heavy (non-hydrogen) atoms. The van der Waals surface area contributed by atoms with Gasteiger partial charge in [-0.25, -0.2) is 0 Å². The van der Waals surface area contributed by atoms with Gasteiger partial charge in [-0.3, -0.25) is 4.90 Å². The van der Waals surface area contributed by atoms with Crippen molar-refractivity contribution < 1.29 is 0 Å². The van der Waals surface area contributed by atoms with Crippen LogP contribution in [-0.2, 0) is 0 Å². The van der Waals surface area contributed by atoms with Crippen molar-refractivity contribution in [3.63, 3.8) is 0 Å². The van der Waals surface area contributed by atoms with Gasteiger partial charge in [-0.15, -0.1) is 0 Å². The zero-order valence-electron chi connectivity index (χ0n) is 9.63. The molecular formula is C11H25N3. The van der Waals surface area contributed by atoms with Crippen LogP contribution in [0.15, 0.2) is 0 Å². The maximum atomic E-state index is 5.76. The van der Waals surface area contributed by atoms with Crippen molar-refractivity contribution in [3.05, 3.63) is 0 Å². The van der Waals surface area contributed by atoms with Crippen molar-refractivity contribution in [1.82, 2.24) is 10.2 Å². The maximum Gasteiger partial charge on any atom is 0.0343 e. The summed E-state index contributed by atoms with van der Waals surface area (Å²) in [6, 6.07) is 0.558. The van der Waals surface area contributed by atoms with E-state index in [1.165, 1.54) is 19.4 Å². The van der Waals surface area contributed by atoms with Gasteiger partial charge in [-0.05, 0) is 12.3 Å². The summed E-state index contributed by atoms with van der Waals surface area (Å²) < 4.78 is 0. The summed E-state index contributed by atoms with van der Waals surface area (Å²) in [6.45, 7) is 9.96. The molecule has 1 aliphatic heterocycles. The Hall–Kier alpha value is -0.120. The number of hydrogen-bond acceptors (Lipinski definition) is 3. The largest absolute Gasteiger partial charge is 0.329 e. The van der Waals surface area contributed by atoms with Gasteiger partial charge in [-0.1, -0.05) is 20.3 Å². The van der Waals surface area contributed by atoms with Crippen LogP contribution in [0.3, 0.4) is 0 Å². The van der Waals surface area contributed by atoms with Crippen LogP contribution in [0, 0.1) is 5.92 Å². The second-order valence-electron chi connectivity index (χ2n) is 4.48. The van der Waals surface area contributed by atoms with E-state index in [4.69, 9.17) is 5.73 Å². The van der Waals surface area contributed by atoms with Crippen LogP contribution < -0.4 is 11.1 Å². The van der Waals surface area contributed by atoms with Gasteiger partial charge in [0.05, 0.1) is 0 Å². The zero-order valence-corrected chi connectivity index (χ0v) is 9.63. The highest BCUT2D eigenvalue weighted by Gasteiger charge is 2.21. The molecule has 2 unspecified atom stereocenters. The van der Waals surface area contributed by atoms with E-state index in [2.05, 4.69) is 24.1 Å². The lowest BCUT2D eigenvalue weighted by atomic mass is 10.0. The zero-order chi connectivity index (χ0) is 10.4. The van der Waals surface area contributed by atoms with Crippen LogP contribution >= 0.6 is 0 Å². The first-order valence-corrected chi connectivity index (χ1v) is 5.92. The highest BCUT2D eigenvalue weighted by atomic mass is 15.2. The molecule has 3 nitrogen and oxygen atoms in total. The van der Waals surface area contributed by atoms with E-state index >= 15 is 0 Å². The van der Waals surface area contributed by atoms with E-state index < -0.39 is 0 Å². The quantitative estimate of drug-likeness (QED) is 0.683. The summed E-state index contributed by atoms with van der Waals surface area (Å²) in [5.41, 5.74) is 5.76. The fourth-order valence-electron chi connectivity index (χ4n) is 2.26. The van der Waals surface area contributed by atoms with E-state index in [1.54, 1.807) is 0 Å². The van der Waals surface area contributed by atoms with E-state index in [9.17, 15) is 0 Å². The molecule has 0 aromatic heterocycles. The third-order valence-corrected chi connectivity index (χ3v) is 3.07. The molecule has 0 bridgehead atoms. The van der Waals surface area contributed by atoms with Crippen molar-refractivity contribution in [2.45, 2.75) is 32.7 Å². The molecule has 1 fully saturated rings. The first kappa shape index (κ1) is 12.0. The van der Waals surface area contributed by atoms with Gasteiger partial charge in [0.1, 0.15) is 0 Å². The number of nitrogens with two attached hydrogens (primary N) is 1. The Morgan fingerprint density at radius 3 is 3.00 bits per heavy atom. The molecule has 1 saturated heterocycles. The highest BCUT2D eigenvalue weighted by Crippen LogP contribution is 2.11. The number of nitrogens with one attached hydrogen (secondary N) is 1. The Bertz CT molecular complexity index is 149. The average molecular weight is 199 g/mol. The Morgan fingerprint density at radius 1 is 1.57 bits per heavy atom. The lowest BCUT2D eigenvalue weighted by Gasteiger charge is -2.37. The fourth-order valence-corrected chi connectivity index (χ4v) is 2.26. The van der Waals surface area contributed by atoms with E-state index in [0.29, 0.717) is 6.04 Å². The number of rotatable bonds is 5. The first-order chi connectivity index (χ1) is 6.77. The SMILES string of the molecule is CCCC(C)CN1CCNCC1CN. The first-order valence-electron chi connectivity index (χ1n) is 5.92. The van der Waals surface area contributed by atoms with Gasteiger partial charge >= 0.3 is 0 Å². The molecule has 0 amide bonds. The van der Waals surface area contributed by atoms with Crippen molar-refractivity contribution in [2.24, 2.45) is 11.7 Å². The standard InChI is InChI=1S/C11H25N3/c1-3-4-10(2)9-14-6-5-13-8-11(14)7-12/h10-11,13H,3-9,12H2,1-2H3. The lowest BCUT2D eigenvalue weighted by molar-refractivity contribution is 0.142. The molecular weight excluding hydrogens is 174 g/mol. The van der Waals surface area contributed by atoms with Crippen molar-refractivity contribution >= 4 is 0 Å². The molecule has 0 spiro atoms. The number of piperazine rings is 1. The van der Waals surface area contributed by atoms with Crippen molar-refractivity contribution in [2.75, 3.05) is 32.7 Å². The fraction of sp³-hybridized carbons (Fsp3) is 1.00. The summed E-state index contributed by atoms with van der Waals surface area (Å²) in [7, 11) is 0. The molecule has 0 saturated carbocycles. The van der Waals surface area contributed by atoms with Gasteiger partial charge in [0.15, 0.2) is 0 Å². The van der Waals surface area contributed by atoms with Crippen LogP contribution in [0.1, 0.15) is 26.7 Å². The van der Waals surface area contributed by atoms with Gasteiger partial charge < -0.3 is 11.1 Å². The van der Waals surface area contributed by atoms with Crippen LogP contribution in [0.2, 0.25) is 0 Å². The molecule has 2 atom stereocenters. The maximum absolute atomic E-state index is 5.76. The number of hydrogen-bond donors (Lipinski definition) is 2. The third-order valence-electron chi connectivity index (χ3n) is 3.07. The average Bonchev–Trinajstić information content (AvgIpc) is 2.19. The molecule has 0 aromatic rings. The van der Waals surface area contributed by atoms with Crippen molar-refractivity contribution in [1.29, 1.82) is 0 Å². The monoisotopic (exact) mass is 199 g/mol. The molecule has 0 aliphatic carbocycles. The summed E-state index contributed by atoms with van der Waals surface area (Å²) in [5, 5.41) is 3.40. The van der Waals surface area contributed by atoms with Crippen LogP contribution in [-0.4, -0.2) is 43.7 Å². The Labute approximate surface area is 88.0 Å². The molecule has 84 valence electrons. The van der Waals surface area contributed by atoms with Crippen LogP contribution in [0.5, 0.6) is 0 Å². The summed E-state index contributed by atoms with van der Waals surface area (Å²) in [6.07, 6.45) is 2.63. The Kier molecular flexibility index (Phi) is 5.45. The second-order valence-corrected chi connectivity index (χ2v) is 4.48. The summed E-state index contributed by atoms with van der Waals surface area (Å²) in [4.78, 5) is 2.55. The van der Waals surface area contributed by atoms with Gasteiger partial charge in [0.25, 0.3) is 0 Å². The molecule has 0 radical (unpaired) electrons. The minimum absolute atomic E-state index is 0.558. The lowest BCUT2D eigenvalue weighted by Crippen LogP contribution is -2.55. The minimum atomic E-state index is 0.558. The van der Waals surface area contributed by atoms with E-state index in [-0.39, 0.29) is 0 Å². The summed E-state index contributed by atoms with van der Waals surface area (Å²) >= 11 is 0. The van der Waals surface area contributed by atoms with Crippen LogP contribution in [0.25, 0.3) is 0 Å². The highest BCUT2D eigenvalue weighted by molar-refractivity contribution is 4.81. The third kappa shape index (κ3) is 3.56. The normalized spacial score (nSPS) is 26.4. The Morgan fingerprint density at radius 2 is 2.36 bits per heavy atom. The van der Waals surface area contributed by atoms with Crippen LogP contribution in [0.4, 0.5) is 0 Å².